The zero-order chi connectivity index (χ0) is 22.4. The number of fused-ring (bicyclic) bond motifs is 1. The predicted molar refractivity (Wildman–Crippen MR) is 108 cm³/mol. The van der Waals surface area contributed by atoms with Gasteiger partial charge in [-0.1, -0.05) is 18.2 Å². The number of rotatable bonds is 4. The number of carbonyl (C=O) groups excluding carboxylic acids is 1. The Morgan fingerprint density at radius 1 is 1.00 bits per heavy atom. The lowest BCUT2D eigenvalue weighted by molar-refractivity contribution is -0.154. The van der Waals surface area contributed by atoms with Crippen molar-refractivity contribution in [1.29, 1.82) is 0 Å². The Hall–Kier alpha value is -3.29. The first-order valence-corrected chi connectivity index (χ1v) is 9.69. The number of aryl methyl sites for hydroxylation is 1. The van der Waals surface area contributed by atoms with Gasteiger partial charge < -0.3 is 4.74 Å². The summed E-state index contributed by atoms with van der Waals surface area (Å²) < 4.78 is 41.8. The highest BCUT2D eigenvalue weighted by atomic mass is 19.4. The fourth-order valence-corrected chi connectivity index (χ4v) is 3.86. The topological polar surface area (TPSA) is 65.0 Å². The van der Waals surface area contributed by atoms with Crippen molar-refractivity contribution < 1.29 is 22.7 Å². The molecule has 0 saturated heterocycles. The molecule has 1 aromatic carbocycles. The fraction of sp³-hybridized carbons (Fsp3) is 0.304. The molecule has 1 aliphatic carbocycles. The number of Topliss-reactive ketones (excluding diaryl/α,β-unsaturated/α-hetero) is 1. The molecule has 0 fully saturated rings. The molecule has 3 aromatic rings. The predicted octanol–water partition coefficient (Wildman–Crippen LogP) is 4.78. The number of hydrogen-bond acceptors (Lipinski definition) is 5. The SMILES string of the molecule is Cc1ncc(-c2ccc3c(c2)C(c2ccc(OCC(F)(F)F)nc2)C(=O)C3(C)C)cn1. The Labute approximate surface area is 177 Å². The van der Waals surface area contributed by atoms with Crippen LogP contribution in [0, 0.1) is 6.92 Å². The van der Waals surface area contributed by atoms with E-state index < -0.39 is 24.1 Å². The van der Waals surface area contributed by atoms with E-state index in [9.17, 15) is 18.0 Å². The van der Waals surface area contributed by atoms with Crippen LogP contribution in [-0.2, 0) is 10.2 Å². The van der Waals surface area contributed by atoms with Gasteiger partial charge in [-0.15, -0.1) is 0 Å². The molecule has 0 spiro atoms. The lowest BCUT2D eigenvalue weighted by atomic mass is 9.84. The molecule has 2 aromatic heterocycles. The Bertz CT molecular complexity index is 1120. The van der Waals surface area contributed by atoms with Crippen molar-refractivity contribution in [3.63, 3.8) is 0 Å². The van der Waals surface area contributed by atoms with E-state index in [1.165, 1.54) is 12.3 Å². The molecule has 0 aliphatic heterocycles. The van der Waals surface area contributed by atoms with Gasteiger partial charge in [0.1, 0.15) is 5.82 Å². The quantitative estimate of drug-likeness (QED) is 0.600. The standard InChI is InChI=1S/C23H20F3N3O2/c1-13-27-10-16(11-28-13)14-4-6-18-17(8-14)20(21(30)22(18,2)3)15-5-7-19(29-9-15)31-12-23(24,25)26/h4-11,20H,12H2,1-3H3. The average molecular weight is 427 g/mol. The summed E-state index contributed by atoms with van der Waals surface area (Å²) in [6, 6.07) is 8.78. The normalized spacial score (nSPS) is 17.5. The smallest absolute Gasteiger partial charge is 0.422 e. The van der Waals surface area contributed by atoms with Gasteiger partial charge in [-0.25, -0.2) is 15.0 Å². The van der Waals surface area contributed by atoms with Gasteiger partial charge >= 0.3 is 6.18 Å². The molecule has 1 atom stereocenters. The number of pyridine rings is 1. The van der Waals surface area contributed by atoms with Crippen molar-refractivity contribution in [3.8, 4) is 17.0 Å². The highest BCUT2D eigenvalue weighted by molar-refractivity contribution is 6.02. The van der Waals surface area contributed by atoms with Crippen LogP contribution < -0.4 is 4.74 Å². The van der Waals surface area contributed by atoms with Crippen LogP contribution in [0.25, 0.3) is 11.1 Å². The summed E-state index contributed by atoms with van der Waals surface area (Å²) in [5, 5.41) is 0. The van der Waals surface area contributed by atoms with Crippen LogP contribution in [0.1, 0.15) is 42.3 Å². The van der Waals surface area contributed by atoms with Gasteiger partial charge in [0.2, 0.25) is 5.88 Å². The van der Waals surface area contributed by atoms with Crippen molar-refractivity contribution in [2.24, 2.45) is 0 Å². The van der Waals surface area contributed by atoms with Gasteiger partial charge in [-0.2, -0.15) is 13.2 Å². The maximum atomic E-state index is 13.3. The highest BCUT2D eigenvalue weighted by Gasteiger charge is 2.46. The first kappa shape index (κ1) is 21.0. The molecule has 1 unspecified atom stereocenters. The third-order valence-corrected chi connectivity index (χ3v) is 5.50. The summed E-state index contributed by atoms with van der Waals surface area (Å²) in [6.07, 6.45) is 0.423. The van der Waals surface area contributed by atoms with Crippen molar-refractivity contribution >= 4 is 5.78 Å². The van der Waals surface area contributed by atoms with Crippen molar-refractivity contribution in [2.45, 2.75) is 38.3 Å². The van der Waals surface area contributed by atoms with E-state index in [1.54, 1.807) is 25.4 Å². The maximum absolute atomic E-state index is 13.3. The molecule has 0 N–H and O–H groups in total. The van der Waals surface area contributed by atoms with Gasteiger partial charge in [0.25, 0.3) is 0 Å². The van der Waals surface area contributed by atoms with Gasteiger partial charge in [0.05, 0.1) is 5.92 Å². The molecular formula is C23H20F3N3O2. The molecule has 5 nitrogen and oxygen atoms in total. The summed E-state index contributed by atoms with van der Waals surface area (Å²) in [4.78, 5) is 25.7. The molecule has 8 heteroatoms. The van der Waals surface area contributed by atoms with Crippen LogP contribution >= 0.6 is 0 Å². The monoisotopic (exact) mass is 427 g/mol. The van der Waals surface area contributed by atoms with Crippen LogP contribution in [0.15, 0.2) is 48.9 Å². The molecule has 4 rings (SSSR count). The van der Waals surface area contributed by atoms with Crippen LogP contribution in [0.5, 0.6) is 5.88 Å². The number of benzene rings is 1. The number of ether oxygens (including phenoxy) is 1. The molecule has 0 saturated carbocycles. The molecule has 0 radical (unpaired) electrons. The fourth-order valence-electron chi connectivity index (χ4n) is 3.86. The number of ketones is 1. The average Bonchev–Trinajstić information content (AvgIpc) is 2.92. The summed E-state index contributed by atoms with van der Waals surface area (Å²) in [6.45, 7) is 4.13. The minimum absolute atomic E-state index is 0.00515. The van der Waals surface area contributed by atoms with Gasteiger partial charge in [-0.3, -0.25) is 4.79 Å². The molecule has 1 aliphatic rings. The molecule has 0 amide bonds. The van der Waals surface area contributed by atoms with E-state index in [-0.39, 0.29) is 11.7 Å². The van der Waals surface area contributed by atoms with Gasteiger partial charge in [0.15, 0.2) is 12.4 Å². The number of hydrogen-bond donors (Lipinski definition) is 0. The number of halogens is 3. The van der Waals surface area contributed by atoms with Crippen molar-refractivity contribution in [3.05, 3.63) is 71.4 Å². The molecule has 2 heterocycles. The molecular weight excluding hydrogens is 407 g/mol. The lowest BCUT2D eigenvalue weighted by Gasteiger charge is -2.18. The van der Waals surface area contributed by atoms with Crippen molar-refractivity contribution in [2.75, 3.05) is 6.61 Å². The summed E-state index contributed by atoms with van der Waals surface area (Å²) in [5.41, 5.74) is 3.38. The summed E-state index contributed by atoms with van der Waals surface area (Å²) >= 11 is 0. The number of aromatic nitrogens is 3. The van der Waals surface area contributed by atoms with E-state index in [0.717, 1.165) is 22.3 Å². The van der Waals surface area contributed by atoms with E-state index in [2.05, 4.69) is 19.7 Å². The Balaban J connectivity index is 1.70. The number of nitrogens with zero attached hydrogens (tertiary/aromatic N) is 3. The van der Waals surface area contributed by atoms with Gasteiger partial charge in [-0.05, 0) is 49.1 Å². The van der Waals surface area contributed by atoms with E-state index in [1.807, 2.05) is 32.0 Å². The van der Waals surface area contributed by atoms with Crippen LogP contribution in [0.4, 0.5) is 13.2 Å². The minimum atomic E-state index is -4.44. The largest absolute Gasteiger partial charge is 0.468 e. The highest BCUT2D eigenvalue weighted by Crippen LogP contribution is 2.47. The van der Waals surface area contributed by atoms with E-state index in [0.29, 0.717) is 11.4 Å². The first-order chi connectivity index (χ1) is 14.6. The van der Waals surface area contributed by atoms with Crippen molar-refractivity contribution in [1.82, 2.24) is 15.0 Å². The van der Waals surface area contributed by atoms with Crippen LogP contribution in [0.2, 0.25) is 0 Å². The first-order valence-electron chi connectivity index (χ1n) is 9.69. The minimum Gasteiger partial charge on any atom is -0.468 e. The zero-order valence-electron chi connectivity index (χ0n) is 17.2. The zero-order valence-corrected chi connectivity index (χ0v) is 17.2. The molecule has 0 bridgehead atoms. The molecule has 160 valence electrons. The number of carbonyl (C=O) groups is 1. The Kier molecular flexibility index (Phi) is 5.03. The summed E-state index contributed by atoms with van der Waals surface area (Å²) in [5.74, 6) is -0.0411. The van der Waals surface area contributed by atoms with E-state index >= 15 is 0 Å². The summed E-state index contributed by atoms with van der Waals surface area (Å²) in [7, 11) is 0. The second kappa shape index (κ2) is 7.44. The third-order valence-electron chi connectivity index (χ3n) is 5.50. The van der Waals surface area contributed by atoms with Crippen LogP contribution in [0.3, 0.4) is 0 Å². The lowest BCUT2D eigenvalue weighted by Crippen LogP contribution is -2.26. The Morgan fingerprint density at radius 3 is 2.32 bits per heavy atom. The third kappa shape index (κ3) is 4.02. The second-order valence-electron chi connectivity index (χ2n) is 8.08. The second-order valence-corrected chi connectivity index (χ2v) is 8.08. The Morgan fingerprint density at radius 2 is 1.71 bits per heavy atom. The van der Waals surface area contributed by atoms with E-state index in [4.69, 9.17) is 0 Å². The maximum Gasteiger partial charge on any atom is 0.422 e. The molecule has 31 heavy (non-hydrogen) atoms. The van der Waals surface area contributed by atoms with Crippen LogP contribution in [-0.4, -0.2) is 33.5 Å². The van der Waals surface area contributed by atoms with Gasteiger partial charge in [0, 0.05) is 35.6 Å². The number of alkyl halides is 3.